The number of nitrogens with zero attached hydrogens (tertiary/aromatic N) is 2. The molecule has 1 aromatic rings. The summed E-state index contributed by atoms with van der Waals surface area (Å²) in [7, 11) is 0. The van der Waals surface area contributed by atoms with E-state index in [4.69, 9.17) is 0 Å². The molecule has 2 N–H and O–H groups in total. The van der Waals surface area contributed by atoms with Gasteiger partial charge in [-0.25, -0.2) is 9.97 Å². The van der Waals surface area contributed by atoms with Gasteiger partial charge in [-0.1, -0.05) is 0 Å². The maximum Gasteiger partial charge on any atom is 0.130 e. The lowest BCUT2D eigenvalue weighted by Gasteiger charge is -2.41. The zero-order valence-electron chi connectivity index (χ0n) is 7.70. The molecule has 1 aliphatic rings. The SMILES string of the molecule is OCC1(Nc2cc(Br)ncn2)CCC1. The molecule has 1 aliphatic carbocycles. The van der Waals surface area contributed by atoms with Crippen LogP contribution in [0.1, 0.15) is 19.3 Å². The summed E-state index contributed by atoms with van der Waals surface area (Å²) in [6, 6.07) is 1.82. The third-order valence-corrected chi connectivity index (χ3v) is 3.07. The molecule has 0 saturated heterocycles. The van der Waals surface area contributed by atoms with Gasteiger partial charge in [0.25, 0.3) is 0 Å². The summed E-state index contributed by atoms with van der Waals surface area (Å²) in [4.78, 5) is 8.03. The first-order valence-corrected chi connectivity index (χ1v) is 5.40. The van der Waals surface area contributed by atoms with Crippen LogP contribution in [0.15, 0.2) is 17.0 Å². The van der Waals surface area contributed by atoms with E-state index in [0.717, 1.165) is 23.3 Å². The van der Waals surface area contributed by atoms with Crippen molar-refractivity contribution < 1.29 is 5.11 Å². The summed E-state index contributed by atoms with van der Waals surface area (Å²) >= 11 is 3.28. The molecule has 1 saturated carbocycles. The lowest BCUT2D eigenvalue weighted by Crippen LogP contribution is -2.48. The smallest absolute Gasteiger partial charge is 0.130 e. The largest absolute Gasteiger partial charge is 0.394 e. The van der Waals surface area contributed by atoms with Gasteiger partial charge in [0, 0.05) is 6.07 Å². The first-order valence-electron chi connectivity index (χ1n) is 4.61. The number of anilines is 1. The fraction of sp³-hybridized carbons (Fsp3) is 0.556. The van der Waals surface area contributed by atoms with Gasteiger partial charge in [0.2, 0.25) is 0 Å². The van der Waals surface area contributed by atoms with Gasteiger partial charge in [-0.3, -0.25) is 0 Å². The first kappa shape index (κ1) is 9.86. The van der Waals surface area contributed by atoms with Crippen LogP contribution in [0.2, 0.25) is 0 Å². The van der Waals surface area contributed by atoms with Crippen LogP contribution in [-0.4, -0.2) is 27.2 Å². The molecule has 4 nitrogen and oxygen atoms in total. The normalized spacial score (nSPS) is 18.7. The Labute approximate surface area is 90.9 Å². The van der Waals surface area contributed by atoms with Crippen molar-refractivity contribution in [3.63, 3.8) is 0 Å². The van der Waals surface area contributed by atoms with Crippen molar-refractivity contribution in [2.75, 3.05) is 11.9 Å². The maximum atomic E-state index is 9.25. The molecule has 14 heavy (non-hydrogen) atoms. The standard InChI is InChI=1S/C9H12BrN3O/c10-7-4-8(12-6-11-7)13-9(5-14)2-1-3-9/h4,6,14H,1-3,5H2,(H,11,12,13). The molecule has 1 heterocycles. The van der Waals surface area contributed by atoms with E-state index in [-0.39, 0.29) is 12.1 Å². The van der Waals surface area contributed by atoms with Crippen molar-refractivity contribution in [3.8, 4) is 0 Å². The van der Waals surface area contributed by atoms with Crippen molar-refractivity contribution >= 4 is 21.7 Å². The van der Waals surface area contributed by atoms with Crippen LogP contribution in [0.4, 0.5) is 5.82 Å². The molecule has 0 aliphatic heterocycles. The van der Waals surface area contributed by atoms with Gasteiger partial charge in [-0.15, -0.1) is 0 Å². The average Bonchev–Trinajstić information content (AvgIpc) is 2.11. The second-order valence-electron chi connectivity index (χ2n) is 3.64. The summed E-state index contributed by atoms with van der Waals surface area (Å²) in [5.74, 6) is 0.764. The summed E-state index contributed by atoms with van der Waals surface area (Å²) in [5, 5.41) is 12.5. The van der Waals surface area contributed by atoms with E-state index >= 15 is 0 Å². The summed E-state index contributed by atoms with van der Waals surface area (Å²) in [5.41, 5.74) is -0.145. The Morgan fingerprint density at radius 2 is 2.29 bits per heavy atom. The van der Waals surface area contributed by atoms with Crippen molar-refractivity contribution in [2.45, 2.75) is 24.8 Å². The van der Waals surface area contributed by atoms with E-state index in [0.29, 0.717) is 0 Å². The Morgan fingerprint density at radius 3 is 2.79 bits per heavy atom. The maximum absolute atomic E-state index is 9.25. The number of nitrogens with one attached hydrogen (secondary N) is 1. The van der Waals surface area contributed by atoms with Gasteiger partial charge in [-0.05, 0) is 35.2 Å². The molecule has 0 spiro atoms. The monoisotopic (exact) mass is 257 g/mol. The summed E-state index contributed by atoms with van der Waals surface area (Å²) in [6.45, 7) is 0.161. The number of aromatic nitrogens is 2. The van der Waals surface area contributed by atoms with E-state index in [1.807, 2.05) is 6.07 Å². The van der Waals surface area contributed by atoms with Gasteiger partial charge in [-0.2, -0.15) is 0 Å². The van der Waals surface area contributed by atoms with Crippen LogP contribution >= 0.6 is 15.9 Å². The van der Waals surface area contributed by atoms with Crippen molar-refractivity contribution in [3.05, 3.63) is 17.0 Å². The van der Waals surface area contributed by atoms with Gasteiger partial charge in [0.15, 0.2) is 0 Å². The highest BCUT2D eigenvalue weighted by atomic mass is 79.9. The molecule has 0 amide bonds. The third kappa shape index (κ3) is 1.88. The highest BCUT2D eigenvalue weighted by Gasteiger charge is 2.36. The molecule has 5 heteroatoms. The van der Waals surface area contributed by atoms with Crippen LogP contribution in [-0.2, 0) is 0 Å². The molecule has 1 fully saturated rings. The van der Waals surface area contributed by atoms with Crippen molar-refractivity contribution in [2.24, 2.45) is 0 Å². The Kier molecular flexibility index (Phi) is 2.69. The van der Waals surface area contributed by atoms with Crippen LogP contribution in [0.25, 0.3) is 0 Å². The number of halogens is 1. The highest BCUT2D eigenvalue weighted by Crippen LogP contribution is 2.34. The Morgan fingerprint density at radius 1 is 1.50 bits per heavy atom. The lowest BCUT2D eigenvalue weighted by atomic mass is 9.77. The summed E-state index contributed by atoms with van der Waals surface area (Å²) < 4.78 is 0.752. The minimum Gasteiger partial charge on any atom is -0.394 e. The van der Waals surface area contributed by atoms with Crippen molar-refractivity contribution in [1.82, 2.24) is 9.97 Å². The van der Waals surface area contributed by atoms with Gasteiger partial charge < -0.3 is 10.4 Å². The number of aliphatic hydroxyl groups is 1. The topological polar surface area (TPSA) is 58.0 Å². The molecular weight excluding hydrogens is 246 g/mol. The number of hydrogen-bond acceptors (Lipinski definition) is 4. The quantitative estimate of drug-likeness (QED) is 0.808. The molecule has 0 atom stereocenters. The fourth-order valence-electron chi connectivity index (χ4n) is 1.60. The molecule has 0 radical (unpaired) electrons. The number of hydrogen-bond donors (Lipinski definition) is 2. The van der Waals surface area contributed by atoms with E-state index in [1.54, 1.807) is 0 Å². The molecule has 0 unspecified atom stereocenters. The second-order valence-corrected chi connectivity index (χ2v) is 4.46. The van der Waals surface area contributed by atoms with Crippen LogP contribution < -0.4 is 5.32 Å². The van der Waals surface area contributed by atoms with E-state index in [2.05, 4.69) is 31.2 Å². The van der Waals surface area contributed by atoms with Gasteiger partial charge >= 0.3 is 0 Å². The minimum atomic E-state index is -0.145. The summed E-state index contributed by atoms with van der Waals surface area (Å²) in [6.07, 6.45) is 4.67. The minimum absolute atomic E-state index is 0.145. The molecule has 2 rings (SSSR count). The molecular formula is C9H12BrN3O. The number of rotatable bonds is 3. The Hall–Kier alpha value is -0.680. The fourth-order valence-corrected chi connectivity index (χ4v) is 1.91. The molecule has 1 aromatic heterocycles. The predicted molar refractivity (Wildman–Crippen MR) is 57.0 cm³/mol. The van der Waals surface area contributed by atoms with Crippen LogP contribution in [0.5, 0.6) is 0 Å². The van der Waals surface area contributed by atoms with Crippen molar-refractivity contribution in [1.29, 1.82) is 0 Å². The molecule has 76 valence electrons. The lowest BCUT2D eigenvalue weighted by molar-refractivity contribution is 0.144. The van der Waals surface area contributed by atoms with Gasteiger partial charge in [0.05, 0.1) is 12.1 Å². The second kappa shape index (κ2) is 3.82. The highest BCUT2D eigenvalue weighted by molar-refractivity contribution is 9.10. The third-order valence-electron chi connectivity index (χ3n) is 2.64. The Balaban J connectivity index is 2.09. The average molecular weight is 258 g/mol. The van der Waals surface area contributed by atoms with Crippen LogP contribution in [0, 0.1) is 0 Å². The zero-order chi connectivity index (χ0) is 10.0. The van der Waals surface area contributed by atoms with Gasteiger partial charge in [0.1, 0.15) is 16.7 Å². The van der Waals surface area contributed by atoms with E-state index < -0.39 is 0 Å². The predicted octanol–water partition coefficient (Wildman–Crippen LogP) is 1.57. The molecule has 0 bridgehead atoms. The zero-order valence-corrected chi connectivity index (χ0v) is 9.29. The van der Waals surface area contributed by atoms with E-state index in [1.165, 1.54) is 12.7 Å². The number of aliphatic hydroxyl groups excluding tert-OH is 1. The van der Waals surface area contributed by atoms with Crippen LogP contribution in [0.3, 0.4) is 0 Å². The Bertz CT molecular complexity index is 322. The van der Waals surface area contributed by atoms with E-state index in [9.17, 15) is 5.11 Å². The first-order chi connectivity index (χ1) is 6.74. The molecule has 0 aromatic carbocycles.